The van der Waals surface area contributed by atoms with E-state index in [4.69, 9.17) is 0 Å². The Bertz CT molecular complexity index is 766. The van der Waals surface area contributed by atoms with E-state index in [1.807, 2.05) is 45.0 Å². The van der Waals surface area contributed by atoms with Crippen LogP contribution in [0.15, 0.2) is 29.3 Å². The summed E-state index contributed by atoms with van der Waals surface area (Å²) in [5, 5.41) is 16.1. The third-order valence-electron chi connectivity index (χ3n) is 5.40. The van der Waals surface area contributed by atoms with Crippen LogP contribution in [-0.4, -0.2) is 45.2 Å². The van der Waals surface area contributed by atoms with Crippen LogP contribution in [-0.2, 0) is 22.3 Å². The molecule has 180 valence electrons. The summed E-state index contributed by atoms with van der Waals surface area (Å²) in [4.78, 5) is 4.68. The van der Waals surface area contributed by atoms with Crippen LogP contribution < -0.4 is 15.4 Å². The number of aliphatic hydroxyl groups excluding tert-OH is 1. The molecule has 31 heavy (non-hydrogen) atoms. The highest BCUT2D eigenvalue weighted by Gasteiger charge is 2.25. The van der Waals surface area contributed by atoms with Gasteiger partial charge in [0.05, 0.1) is 12.3 Å². The van der Waals surface area contributed by atoms with E-state index in [0.717, 1.165) is 43.5 Å². The highest BCUT2D eigenvalue weighted by Crippen LogP contribution is 2.29. The molecule has 0 amide bonds. The van der Waals surface area contributed by atoms with E-state index in [1.165, 1.54) is 0 Å². The number of hydrogen-bond acceptors (Lipinski definition) is 4. The summed E-state index contributed by atoms with van der Waals surface area (Å²) in [7, 11) is -3.40. The first-order chi connectivity index (χ1) is 14.2. The summed E-state index contributed by atoms with van der Waals surface area (Å²) in [5.41, 5.74) is 1.66. The Kier molecular flexibility index (Phi) is 14.6. The molecule has 0 aliphatic rings. The van der Waals surface area contributed by atoms with Crippen molar-refractivity contribution in [1.29, 1.82) is 0 Å². The number of benzene rings is 1. The predicted molar refractivity (Wildman–Crippen MR) is 140 cm³/mol. The van der Waals surface area contributed by atoms with Gasteiger partial charge in [0.2, 0.25) is 10.0 Å². The zero-order valence-electron chi connectivity index (χ0n) is 19.6. The number of halogens is 1. The van der Waals surface area contributed by atoms with Gasteiger partial charge in [-0.15, -0.1) is 24.0 Å². The molecule has 0 aromatic heterocycles. The Morgan fingerprint density at radius 3 is 2.23 bits per heavy atom. The predicted octanol–water partition coefficient (Wildman–Crippen LogP) is 3.38. The molecule has 0 radical (unpaired) electrons. The number of rotatable bonds is 13. The fraction of sp³-hybridized carbons (Fsp3) is 0.682. The van der Waals surface area contributed by atoms with Crippen molar-refractivity contribution in [3.05, 3.63) is 35.4 Å². The lowest BCUT2D eigenvalue weighted by atomic mass is 9.79. The van der Waals surface area contributed by atoms with Crippen LogP contribution in [0.4, 0.5) is 0 Å². The zero-order chi connectivity index (χ0) is 22.6. The summed E-state index contributed by atoms with van der Waals surface area (Å²) in [5.74, 6) is 0.631. The van der Waals surface area contributed by atoms with Crippen LogP contribution in [0.2, 0.25) is 0 Å². The molecule has 0 aliphatic carbocycles. The third-order valence-corrected chi connectivity index (χ3v) is 6.93. The number of nitrogens with zero attached hydrogens (tertiary/aromatic N) is 1. The SMILES string of the molecule is CCNC(=NCc1ccccc1CS(=O)(=O)NC(C)C)NCC(CC)(CC)CCO.I. The van der Waals surface area contributed by atoms with Crippen molar-refractivity contribution in [2.75, 3.05) is 19.7 Å². The second kappa shape index (κ2) is 15.0. The van der Waals surface area contributed by atoms with Gasteiger partial charge in [0.1, 0.15) is 0 Å². The van der Waals surface area contributed by atoms with Crippen LogP contribution >= 0.6 is 24.0 Å². The van der Waals surface area contributed by atoms with E-state index in [1.54, 1.807) is 0 Å². The van der Waals surface area contributed by atoms with Gasteiger partial charge in [-0.25, -0.2) is 18.1 Å². The molecule has 1 rings (SSSR count). The minimum absolute atomic E-state index is 0. The van der Waals surface area contributed by atoms with Crippen molar-refractivity contribution in [3.8, 4) is 0 Å². The molecule has 9 heteroatoms. The molecule has 0 atom stereocenters. The first-order valence-corrected chi connectivity index (χ1v) is 12.6. The summed E-state index contributed by atoms with van der Waals surface area (Å²) < 4.78 is 27.3. The second-order valence-electron chi connectivity index (χ2n) is 8.03. The largest absolute Gasteiger partial charge is 0.396 e. The quantitative estimate of drug-likeness (QED) is 0.166. The van der Waals surface area contributed by atoms with Gasteiger partial charge in [0, 0.05) is 25.7 Å². The highest BCUT2D eigenvalue weighted by atomic mass is 127. The van der Waals surface area contributed by atoms with Gasteiger partial charge in [0.15, 0.2) is 5.96 Å². The van der Waals surface area contributed by atoms with Gasteiger partial charge in [-0.05, 0) is 56.6 Å². The van der Waals surface area contributed by atoms with Crippen molar-refractivity contribution >= 4 is 40.0 Å². The zero-order valence-corrected chi connectivity index (χ0v) is 22.7. The van der Waals surface area contributed by atoms with E-state index in [9.17, 15) is 13.5 Å². The molecule has 0 bridgehead atoms. The standard InChI is InChI=1S/C22H40N4O3S.HI/c1-6-22(7-2,13-14-27)17-25-21(23-8-3)24-15-19-11-9-10-12-20(19)16-30(28,29)26-18(4)5;/h9-12,18,26-27H,6-8,13-17H2,1-5H3,(H2,23,24,25);1H. The molecule has 0 saturated carbocycles. The van der Waals surface area contributed by atoms with Gasteiger partial charge in [0.25, 0.3) is 0 Å². The lowest BCUT2D eigenvalue weighted by Gasteiger charge is -2.32. The molecule has 4 N–H and O–H groups in total. The van der Waals surface area contributed by atoms with Crippen LogP contribution in [0.3, 0.4) is 0 Å². The fourth-order valence-corrected chi connectivity index (χ4v) is 4.91. The van der Waals surface area contributed by atoms with Crippen molar-refractivity contribution in [1.82, 2.24) is 15.4 Å². The molecule has 0 saturated heterocycles. The number of aliphatic hydroxyl groups is 1. The number of aliphatic imine (C=N–C) groups is 1. The maximum absolute atomic E-state index is 12.4. The van der Waals surface area contributed by atoms with E-state index in [0.29, 0.717) is 12.5 Å². The topological polar surface area (TPSA) is 103 Å². The summed E-state index contributed by atoms with van der Waals surface area (Å²) >= 11 is 0. The first-order valence-electron chi connectivity index (χ1n) is 10.9. The van der Waals surface area contributed by atoms with Gasteiger partial charge >= 0.3 is 0 Å². The van der Waals surface area contributed by atoms with Crippen molar-refractivity contribution in [3.63, 3.8) is 0 Å². The molecule has 1 aromatic rings. The van der Waals surface area contributed by atoms with E-state index in [-0.39, 0.29) is 47.8 Å². The smallest absolute Gasteiger partial charge is 0.216 e. The molecule has 7 nitrogen and oxygen atoms in total. The van der Waals surface area contributed by atoms with Gasteiger partial charge in [-0.1, -0.05) is 38.1 Å². The summed E-state index contributed by atoms with van der Waals surface area (Å²) in [6.45, 7) is 11.9. The minimum atomic E-state index is -3.40. The Balaban J connectivity index is 0.00000900. The number of hydrogen-bond donors (Lipinski definition) is 4. The molecule has 0 fully saturated rings. The van der Waals surface area contributed by atoms with Crippen LogP contribution in [0.5, 0.6) is 0 Å². The van der Waals surface area contributed by atoms with Crippen molar-refractivity contribution < 1.29 is 13.5 Å². The number of guanidine groups is 1. The average molecular weight is 569 g/mol. The molecule has 0 heterocycles. The molecule has 0 aliphatic heterocycles. The maximum Gasteiger partial charge on any atom is 0.216 e. The van der Waals surface area contributed by atoms with E-state index < -0.39 is 10.0 Å². The molecule has 1 aromatic carbocycles. The first kappa shape index (κ1) is 30.1. The number of sulfonamides is 1. The lowest BCUT2D eigenvalue weighted by molar-refractivity contribution is 0.169. The van der Waals surface area contributed by atoms with Crippen LogP contribution in [0, 0.1) is 5.41 Å². The minimum Gasteiger partial charge on any atom is -0.396 e. The van der Waals surface area contributed by atoms with E-state index >= 15 is 0 Å². The molecule has 0 spiro atoms. The maximum atomic E-state index is 12.4. The Morgan fingerprint density at radius 1 is 1.10 bits per heavy atom. The second-order valence-corrected chi connectivity index (χ2v) is 9.78. The molecule has 0 unspecified atom stereocenters. The van der Waals surface area contributed by atoms with Gasteiger partial charge in [-0.2, -0.15) is 0 Å². The van der Waals surface area contributed by atoms with Crippen molar-refractivity contribution in [2.45, 2.75) is 72.2 Å². The summed E-state index contributed by atoms with van der Waals surface area (Å²) in [6.07, 6.45) is 2.69. The third kappa shape index (κ3) is 11.0. The monoisotopic (exact) mass is 568 g/mol. The normalized spacial score (nSPS) is 12.5. The van der Waals surface area contributed by atoms with Gasteiger partial charge in [-0.3, -0.25) is 0 Å². The Morgan fingerprint density at radius 2 is 1.71 bits per heavy atom. The highest BCUT2D eigenvalue weighted by molar-refractivity contribution is 14.0. The molecular weight excluding hydrogens is 527 g/mol. The average Bonchev–Trinajstić information content (AvgIpc) is 2.68. The summed E-state index contributed by atoms with van der Waals surface area (Å²) in [6, 6.07) is 7.37. The lowest BCUT2D eigenvalue weighted by Crippen LogP contribution is -2.43. The number of nitrogens with one attached hydrogen (secondary N) is 3. The fourth-order valence-electron chi connectivity index (χ4n) is 3.41. The molecular formula is C22H41IN4O3S. The van der Waals surface area contributed by atoms with Gasteiger partial charge < -0.3 is 15.7 Å². The van der Waals surface area contributed by atoms with Crippen molar-refractivity contribution in [2.24, 2.45) is 10.4 Å². The Hall–Kier alpha value is -0.910. The van der Waals surface area contributed by atoms with Crippen LogP contribution in [0.1, 0.15) is 65.0 Å². The Labute approximate surface area is 206 Å². The van der Waals surface area contributed by atoms with E-state index in [2.05, 4.69) is 34.2 Å². The van der Waals surface area contributed by atoms with Crippen LogP contribution in [0.25, 0.3) is 0 Å².